The van der Waals surface area contributed by atoms with Crippen molar-refractivity contribution in [3.63, 3.8) is 0 Å². The molecule has 0 amide bonds. The predicted molar refractivity (Wildman–Crippen MR) is 330 cm³/mol. The fraction of sp³-hybridized carbons (Fsp3) is 0. The molecule has 7 nitrogen and oxygen atoms in total. The van der Waals surface area contributed by atoms with Crippen LogP contribution in [0.2, 0.25) is 0 Å². The highest BCUT2D eigenvalue weighted by molar-refractivity contribution is 6.20. The monoisotopic (exact) mass is 1020 g/mol. The van der Waals surface area contributed by atoms with Gasteiger partial charge >= 0.3 is 0 Å². The minimum atomic E-state index is 0.943. The molecule has 372 valence electrons. The van der Waals surface area contributed by atoms with E-state index in [1.165, 1.54) is 54.2 Å². The molecule has 7 heterocycles. The Morgan fingerprint density at radius 3 is 1.43 bits per heavy atom. The molecule has 0 bridgehead atoms. The lowest BCUT2D eigenvalue weighted by Gasteiger charge is -2.34. The maximum absolute atomic E-state index is 4.82. The van der Waals surface area contributed by atoms with Crippen molar-refractivity contribution < 1.29 is 0 Å². The van der Waals surface area contributed by atoms with Gasteiger partial charge in [-0.25, -0.2) is 0 Å². The second-order valence-corrected chi connectivity index (χ2v) is 20.9. The van der Waals surface area contributed by atoms with Crippen molar-refractivity contribution in [3.8, 4) is 61.7 Å². The van der Waals surface area contributed by atoms with Crippen LogP contribution in [0.5, 0.6) is 0 Å². The summed E-state index contributed by atoms with van der Waals surface area (Å²) >= 11 is 0. The highest BCUT2D eigenvalue weighted by atomic mass is 15.2. The highest BCUT2D eigenvalue weighted by Gasteiger charge is 2.29. The zero-order valence-electron chi connectivity index (χ0n) is 43.1. The van der Waals surface area contributed by atoms with Crippen LogP contribution in [-0.2, 0) is 0 Å². The van der Waals surface area contributed by atoms with Gasteiger partial charge in [-0.3, -0.25) is 15.0 Å². The molecule has 0 N–H and O–H groups in total. The normalized spacial score (nSPS) is 12.2. The van der Waals surface area contributed by atoms with E-state index < -0.39 is 0 Å². The molecular formula is C73H45N7. The van der Waals surface area contributed by atoms with Gasteiger partial charge in [0.15, 0.2) is 0 Å². The summed E-state index contributed by atoms with van der Waals surface area (Å²) in [5, 5.41) is 9.61. The molecule has 7 heteroatoms. The minimum absolute atomic E-state index is 0.943. The molecule has 0 radical (unpaired) electrons. The lowest BCUT2D eigenvalue weighted by molar-refractivity contribution is 1.14. The summed E-state index contributed by atoms with van der Waals surface area (Å²) < 4.78 is 7.11. The van der Waals surface area contributed by atoms with Gasteiger partial charge in [0, 0.05) is 78.8 Å². The van der Waals surface area contributed by atoms with E-state index in [0.29, 0.717) is 0 Å². The Bertz CT molecular complexity index is 5180. The Labute approximate surface area is 459 Å². The first-order valence-corrected chi connectivity index (χ1v) is 27.1. The molecule has 10 aromatic carbocycles. The van der Waals surface area contributed by atoms with Crippen LogP contribution < -0.4 is 4.90 Å². The molecule has 0 spiro atoms. The Kier molecular flexibility index (Phi) is 9.58. The predicted octanol–water partition coefficient (Wildman–Crippen LogP) is 18.8. The summed E-state index contributed by atoms with van der Waals surface area (Å²) in [5.74, 6) is 0. The van der Waals surface area contributed by atoms with Gasteiger partial charge in [0.05, 0.1) is 73.9 Å². The van der Waals surface area contributed by atoms with Crippen LogP contribution in [0.25, 0.3) is 138 Å². The lowest BCUT2D eigenvalue weighted by Crippen LogP contribution is -2.15. The second kappa shape index (κ2) is 17.3. The average Bonchev–Trinajstić information content (AvgIpc) is 4.28. The van der Waals surface area contributed by atoms with Gasteiger partial charge in [0.2, 0.25) is 0 Å². The molecule has 17 rings (SSSR count). The molecule has 6 aromatic heterocycles. The topological polar surface area (TPSA) is 56.7 Å². The van der Waals surface area contributed by atoms with E-state index >= 15 is 0 Å². The Balaban J connectivity index is 0.868. The van der Waals surface area contributed by atoms with E-state index in [4.69, 9.17) is 4.98 Å². The molecule has 1 aliphatic rings. The maximum Gasteiger partial charge on any atom is 0.0702 e. The molecule has 0 saturated heterocycles. The van der Waals surface area contributed by atoms with Crippen LogP contribution in [0.3, 0.4) is 0 Å². The quantitative estimate of drug-likeness (QED) is 0.160. The summed E-state index contributed by atoms with van der Waals surface area (Å²) in [6.07, 6.45) is 9.41. The van der Waals surface area contributed by atoms with Crippen LogP contribution in [0.4, 0.5) is 17.1 Å². The Morgan fingerprint density at radius 2 is 0.787 bits per heavy atom. The fourth-order valence-electron chi connectivity index (χ4n) is 13.0. The molecule has 16 aromatic rings. The van der Waals surface area contributed by atoms with Crippen molar-refractivity contribution >= 4 is 93.3 Å². The molecule has 80 heavy (non-hydrogen) atoms. The van der Waals surface area contributed by atoms with Gasteiger partial charge in [-0.05, 0) is 161 Å². The van der Waals surface area contributed by atoms with Gasteiger partial charge < -0.3 is 18.6 Å². The number of hydrogen-bond acceptors (Lipinski definition) is 4. The van der Waals surface area contributed by atoms with E-state index in [-0.39, 0.29) is 0 Å². The molecular weight excluding hydrogens is 975 g/mol. The van der Waals surface area contributed by atoms with Crippen LogP contribution >= 0.6 is 0 Å². The van der Waals surface area contributed by atoms with Gasteiger partial charge in [-0.1, -0.05) is 115 Å². The van der Waals surface area contributed by atoms with Crippen molar-refractivity contribution in [2.45, 2.75) is 0 Å². The summed E-state index contributed by atoms with van der Waals surface area (Å²) in [5.41, 5.74) is 22.4. The first-order chi connectivity index (χ1) is 39.7. The molecule has 0 fully saturated rings. The molecule has 0 aliphatic carbocycles. The van der Waals surface area contributed by atoms with E-state index in [9.17, 15) is 0 Å². The van der Waals surface area contributed by atoms with Crippen molar-refractivity contribution in [2.75, 3.05) is 4.90 Å². The number of rotatable bonds is 7. The number of hydrogen-bond donors (Lipinski definition) is 0. The van der Waals surface area contributed by atoms with Gasteiger partial charge in [-0.2, -0.15) is 0 Å². The minimum Gasteiger partial charge on any atom is -0.309 e. The van der Waals surface area contributed by atoms with Crippen molar-refractivity contribution in [2.24, 2.45) is 0 Å². The molecule has 1 aliphatic heterocycles. The first kappa shape index (κ1) is 44.3. The van der Waals surface area contributed by atoms with Gasteiger partial charge in [-0.15, -0.1) is 0 Å². The van der Waals surface area contributed by atoms with Crippen molar-refractivity contribution in [1.29, 1.82) is 0 Å². The van der Waals surface area contributed by atoms with Crippen LogP contribution in [0.15, 0.2) is 274 Å². The van der Waals surface area contributed by atoms with E-state index in [2.05, 4.69) is 253 Å². The number of nitrogens with zero attached hydrogens (tertiary/aromatic N) is 7. The first-order valence-electron chi connectivity index (χ1n) is 27.1. The van der Waals surface area contributed by atoms with Gasteiger partial charge in [0.1, 0.15) is 0 Å². The van der Waals surface area contributed by atoms with E-state index in [1.54, 1.807) is 0 Å². The Hall–Kier alpha value is -10.9. The molecule has 0 unspecified atom stereocenters. The number of anilines is 3. The smallest absolute Gasteiger partial charge is 0.0702 e. The number of fused-ring (bicyclic) bond motifs is 11. The SMILES string of the molecule is c1ccc(-c2ccc3c(c2)c2cc4c(cc2n3-c2cccc(-c3ccc5c(c3)c3ccccc3n5-c3cccnc3)c2)N(c2cccc(-c3ccc5c(c3)c3ccccc3n5-c3cccnc3)c2)c2cccc3cccc-4c23)nc1. The third-order valence-electron chi connectivity index (χ3n) is 16.5. The van der Waals surface area contributed by atoms with Crippen LogP contribution in [0, 0.1) is 0 Å². The van der Waals surface area contributed by atoms with Crippen LogP contribution in [-0.4, -0.2) is 28.7 Å². The molecule has 0 atom stereocenters. The van der Waals surface area contributed by atoms with Crippen LogP contribution in [0.1, 0.15) is 0 Å². The standard InChI is InChI=1S/C73H45N7/c1-3-25-65-56(21-1)59-39-49(28-31-67(59)79(65)54-19-11-34-74-44-54)47-15-7-17-52(37-47)77-69-33-30-51(64-24-5-6-36-76-64)41-61(69)63-42-62-58-23-9-13-46-14-10-27-70(73(46)58)78(71(62)43-72(63)77)53-18-8-16-48(38-53)50-29-32-68-60(40-50)57-22-2-4-26-66(57)80(68)55-20-12-35-75-45-55/h1-45H. The number of benzene rings is 10. The average molecular weight is 1020 g/mol. The summed E-state index contributed by atoms with van der Waals surface area (Å²) in [6, 6.07) is 88.9. The third kappa shape index (κ3) is 6.64. The zero-order valence-corrected chi connectivity index (χ0v) is 43.1. The second-order valence-electron chi connectivity index (χ2n) is 20.9. The lowest BCUT2D eigenvalue weighted by atomic mass is 9.89. The summed E-state index contributed by atoms with van der Waals surface area (Å²) in [6.45, 7) is 0. The van der Waals surface area contributed by atoms with Gasteiger partial charge in [0.25, 0.3) is 0 Å². The van der Waals surface area contributed by atoms with Crippen molar-refractivity contribution in [3.05, 3.63) is 274 Å². The van der Waals surface area contributed by atoms with E-state index in [0.717, 1.165) is 101 Å². The Morgan fingerprint density at radius 1 is 0.275 bits per heavy atom. The maximum atomic E-state index is 4.82. The highest BCUT2D eigenvalue weighted by Crippen LogP contribution is 2.54. The molecule has 0 saturated carbocycles. The summed E-state index contributed by atoms with van der Waals surface area (Å²) in [7, 11) is 0. The zero-order chi connectivity index (χ0) is 52.4. The fourth-order valence-corrected chi connectivity index (χ4v) is 13.0. The number of aromatic nitrogens is 6. The number of pyridine rings is 3. The number of para-hydroxylation sites is 2. The largest absolute Gasteiger partial charge is 0.309 e. The third-order valence-corrected chi connectivity index (χ3v) is 16.5. The van der Waals surface area contributed by atoms with Crippen molar-refractivity contribution in [1.82, 2.24) is 28.7 Å². The summed E-state index contributed by atoms with van der Waals surface area (Å²) in [4.78, 5) is 16.3. The van der Waals surface area contributed by atoms with E-state index in [1.807, 2.05) is 49.2 Å².